The lowest BCUT2D eigenvalue weighted by Crippen LogP contribution is -2.24. The summed E-state index contributed by atoms with van der Waals surface area (Å²) in [5.41, 5.74) is 8.29. The number of imidazole rings is 1. The minimum Gasteiger partial charge on any atom is -0.491 e. The van der Waals surface area contributed by atoms with Gasteiger partial charge in [0.15, 0.2) is 0 Å². The zero-order valence-corrected chi connectivity index (χ0v) is 12.4. The summed E-state index contributed by atoms with van der Waals surface area (Å²) in [5, 5.41) is 10.2. The van der Waals surface area contributed by atoms with E-state index in [2.05, 4.69) is 4.98 Å². The van der Waals surface area contributed by atoms with E-state index in [0.29, 0.717) is 18.0 Å². The van der Waals surface area contributed by atoms with Gasteiger partial charge in [-0.3, -0.25) is 0 Å². The number of hydrogen-bond acceptors (Lipinski definition) is 4. The molecule has 3 aromatic rings. The maximum Gasteiger partial charge on any atom is 0.121 e. The van der Waals surface area contributed by atoms with E-state index in [1.165, 1.54) is 0 Å². The van der Waals surface area contributed by atoms with E-state index >= 15 is 0 Å². The Balaban J connectivity index is 1.68. The molecule has 0 aliphatic heterocycles. The molecule has 0 radical (unpaired) electrons. The van der Waals surface area contributed by atoms with Gasteiger partial charge in [0.25, 0.3) is 0 Å². The van der Waals surface area contributed by atoms with Crippen LogP contribution < -0.4 is 10.5 Å². The number of aliphatic hydroxyl groups excluding tert-OH is 1. The summed E-state index contributed by atoms with van der Waals surface area (Å²) >= 11 is 0. The van der Waals surface area contributed by atoms with Crippen LogP contribution in [0, 0.1) is 6.92 Å². The van der Waals surface area contributed by atoms with Crippen molar-refractivity contribution in [3.05, 3.63) is 54.4 Å². The van der Waals surface area contributed by atoms with Crippen molar-refractivity contribution in [3.8, 4) is 5.75 Å². The van der Waals surface area contributed by atoms with Crippen molar-refractivity contribution in [2.45, 2.75) is 19.6 Å². The van der Waals surface area contributed by atoms with Crippen LogP contribution in [0.3, 0.4) is 0 Å². The van der Waals surface area contributed by atoms with Crippen LogP contribution in [-0.4, -0.2) is 27.4 Å². The van der Waals surface area contributed by atoms with Crippen molar-refractivity contribution in [3.63, 3.8) is 0 Å². The standard InChI is InChI=1S/C17H19N3O2/c1-12-19-16-7-2-3-8-17(16)20(12)10-14(21)11-22-15-6-4-5-13(18)9-15/h2-9,14,21H,10-11,18H2,1H3/t14-/m0/s1. The van der Waals surface area contributed by atoms with Crippen molar-refractivity contribution < 1.29 is 9.84 Å². The van der Waals surface area contributed by atoms with E-state index in [0.717, 1.165) is 16.9 Å². The Bertz CT molecular complexity index is 782. The molecule has 0 aliphatic carbocycles. The number of benzene rings is 2. The number of anilines is 1. The van der Waals surface area contributed by atoms with Gasteiger partial charge in [0.05, 0.1) is 17.6 Å². The molecule has 5 nitrogen and oxygen atoms in total. The molecule has 3 rings (SSSR count). The Morgan fingerprint density at radius 3 is 2.86 bits per heavy atom. The molecule has 1 heterocycles. The molecule has 0 saturated carbocycles. The first-order valence-electron chi connectivity index (χ1n) is 7.22. The Morgan fingerprint density at radius 2 is 2.05 bits per heavy atom. The minimum absolute atomic E-state index is 0.204. The van der Waals surface area contributed by atoms with E-state index in [1.807, 2.05) is 47.9 Å². The number of nitrogens with two attached hydrogens (primary N) is 1. The summed E-state index contributed by atoms with van der Waals surface area (Å²) < 4.78 is 7.59. The molecule has 114 valence electrons. The second-order valence-electron chi connectivity index (χ2n) is 5.30. The topological polar surface area (TPSA) is 73.3 Å². The molecular weight excluding hydrogens is 278 g/mol. The van der Waals surface area contributed by atoms with Crippen LogP contribution in [-0.2, 0) is 6.54 Å². The zero-order chi connectivity index (χ0) is 15.5. The fourth-order valence-corrected chi connectivity index (χ4v) is 2.49. The quantitative estimate of drug-likeness (QED) is 0.709. The largest absolute Gasteiger partial charge is 0.491 e. The van der Waals surface area contributed by atoms with Gasteiger partial charge in [-0.2, -0.15) is 0 Å². The van der Waals surface area contributed by atoms with Crippen molar-refractivity contribution in [2.75, 3.05) is 12.3 Å². The Labute approximate surface area is 129 Å². The summed E-state index contributed by atoms with van der Waals surface area (Å²) in [4.78, 5) is 4.49. The number of aliphatic hydroxyl groups is 1. The van der Waals surface area contributed by atoms with Gasteiger partial charge < -0.3 is 20.1 Å². The normalized spacial score (nSPS) is 12.5. The zero-order valence-electron chi connectivity index (χ0n) is 12.4. The number of ether oxygens (including phenoxy) is 1. The van der Waals surface area contributed by atoms with Gasteiger partial charge >= 0.3 is 0 Å². The minimum atomic E-state index is -0.627. The lowest BCUT2D eigenvalue weighted by atomic mass is 10.3. The number of rotatable bonds is 5. The molecule has 1 aromatic heterocycles. The molecule has 5 heteroatoms. The molecule has 0 spiro atoms. The maximum atomic E-state index is 10.2. The van der Waals surface area contributed by atoms with Gasteiger partial charge in [-0.25, -0.2) is 4.98 Å². The number of fused-ring (bicyclic) bond motifs is 1. The van der Waals surface area contributed by atoms with Crippen molar-refractivity contribution in [2.24, 2.45) is 0 Å². The first-order chi connectivity index (χ1) is 10.6. The fourth-order valence-electron chi connectivity index (χ4n) is 2.49. The number of nitrogen functional groups attached to an aromatic ring is 1. The summed E-state index contributed by atoms with van der Waals surface area (Å²) in [6, 6.07) is 15.1. The third-order valence-electron chi connectivity index (χ3n) is 3.54. The molecule has 2 aromatic carbocycles. The lowest BCUT2D eigenvalue weighted by Gasteiger charge is -2.15. The van der Waals surface area contributed by atoms with Crippen LogP contribution in [0.25, 0.3) is 11.0 Å². The average molecular weight is 297 g/mol. The first kappa shape index (κ1) is 14.4. The second kappa shape index (κ2) is 6.07. The summed E-state index contributed by atoms with van der Waals surface area (Å²) in [6.45, 7) is 2.58. The van der Waals surface area contributed by atoms with Crippen LogP contribution in [0.5, 0.6) is 5.75 Å². The molecule has 0 aliphatic rings. The van der Waals surface area contributed by atoms with Crippen LogP contribution in [0.15, 0.2) is 48.5 Å². The van der Waals surface area contributed by atoms with E-state index < -0.39 is 6.10 Å². The highest BCUT2D eigenvalue weighted by Gasteiger charge is 2.12. The van der Waals surface area contributed by atoms with Crippen LogP contribution in [0.1, 0.15) is 5.82 Å². The third kappa shape index (κ3) is 3.04. The maximum absolute atomic E-state index is 10.2. The van der Waals surface area contributed by atoms with Gasteiger partial charge in [0.2, 0.25) is 0 Å². The van der Waals surface area contributed by atoms with E-state index in [4.69, 9.17) is 10.5 Å². The number of para-hydroxylation sites is 2. The third-order valence-corrected chi connectivity index (χ3v) is 3.54. The van der Waals surface area contributed by atoms with Gasteiger partial charge in [-0.05, 0) is 31.2 Å². The van der Waals surface area contributed by atoms with Gasteiger partial charge in [-0.1, -0.05) is 18.2 Å². The molecule has 0 amide bonds. The van der Waals surface area contributed by atoms with E-state index in [9.17, 15) is 5.11 Å². The molecule has 0 saturated heterocycles. The monoisotopic (exact) mass is 297 g/mol. The van der Waals surface area contributed by atoms with Crippen LogP contribution >= 0.6 is 0 Å². The number of aryl methyl sites for hydroxylation is 1. The highest BCUT2D eigenvalue weighted by atomic mass is 16.5. The molecule has 22 heavy (non-hydrogen) atoms. The SMILES string of the molecule is Cc1nc2ccccc2n1C[C@H](O)COc1cccc(N)c1. The number of aromatic nitrogens is 2. The molecule has 0 bridgehead atoms. The number of hydrogen-bond donors (Lipinski definition) is 2. The summed E-state index contributed by atoms with van der Waals surface area (Å²) in [5.74, 6) is 1.54. The Hall–Kier alpha value is -2.53. The lowest BCUT2D eigenvalue weighted by molar-refractivity contribution is 0.0929. The van der Waals surface area contributed by atoms with Crippen molar-refractivity contribution in [1.82, 2.24) is 9.55 Å². The van der Waals surface area contributed by atoms with Crippen LogP contribution in [0.2, 0.25) is 0 Å². The molecule has 3 N–H and O–H groups in total. The molecule has 0 fully saturated rings. The first-order valence-corrected chi connectivity index (χ1v) is 7.22. The highest BCUT2D eigenvalue weighted by Crippen LogP contribution is 2.17. The van der Waals surface area contributed by atoms with Crippen molar-refractivity contribution in [1.29, 1.82) is 0 Å². The molecular formula is C17H19N3O2. The highest BCUT2D eigenvalue weighted by molar-refractivity contribution is 5.75. The predicted molar refractivity (Wildman–Crippen MR) is 86.8 cm³/mol. The summed E-state index contributed by atoms with van der Waals surface area (Å²) in [7, 11) is 0. The van der Waals surface area contributed by atoms with E-state index in [1.54, 1.807) is 12.1 Å². The molecule has 1 atom stereocenters. The summed E-state index contributed by atoms with van der Waals surface area (Å²) in [6.07, 6.45) is -0.627. The van der Waals surface area contributed by atoms with Gasteiger partial charge in [0.1, 0.15) is 24.3 Å². The second-order valence-corrected chi connectivity index (χ2v) is 5.30. The predicted octanol–water partition coefficient (Wildman–Crippen LogP) is 2.37. The van der Waals surface area contributed by atoms with Gasteiger partial charge in [0, 0.05) is 11.8 Å². The Kier molecular flexibility index (Phi) is 3.98. The van der Waals surface area contributed by atoms with E-state index in [-0.39, 0.29) is 6.61 Å². The smallest absolute Gasteiger partial charge is 0.121 e. The Morgan fingerprint density at radius 1 is 1.23 bits per heavy atom. The van der Waals surface area contributed by atoms with Crippen molar-refractivity contribution >= 4 is 16.7 Å². The number of nitrogens with zero attached hydrogens (tertiary/aromatic N) is 2. The average Bonchev–Trinajstić information content (AvgIpc) is 2.81. The van der Waals surface area contributed by atoms with Crippen LogP contribution in [0.4, 0.5) is 5.69 Å². The van der Waals surface area contributed by atoms with Gasteiger partial charge in [-0.15, -0.1) is 0 Å². The molecule has 0 unspecified atom stereocenters. The fraction of sp³-hybridized carbons (Fsp3) is 0.235.